The third kappa shape index (κ3) is 1.72. The number of aromatic carboxylic acids is 1. The average molecular weight is 217 g/mol. The zero-order chi connectivity index (χ0) is 11.7. The Bertz CT molecular complexity index is 566. The second-order valence-corrected chi connectivity index (χ2v) is 3.49. The van der Waals surface area contributed by atoms with Crippen molar-refractivity contribution in [3.8, 4) is 0 Å². The van der Waals surface area contributed by atoms with E-state index in [0.717, 1.165) is 5.56 Å². The number of aromatic nitrogens is 2. The number of carboxylic acids is 1. The number of carbonyl (C=O) groups is 1. The minimum atomic E-state index is -1.06. The van der Waals surface area contributed by atoms with Gasteiger partial charge in [0.1, 0.15) is 0 Å². The van der Waals surface area contributed by atoms with Gasteiger partial charge in [0.15, 0.2) is 5.69 Å². The highest BCUT2D eigenvalue weighted by atomic mass is 16.4. The summed E-state index contributed by atoms with van der Waals surface area (Å²) in [6.45, 7) is 2.06. The predicted molar refractivity (Wildman–Crippen MR) is 59.1 cm³/mol. The van der Waals surface area contributed by atoms with Gasteiger partial charge in [0.25, 0.3) is 0 Å². The number of benzene rings is 1. The average Bonchev–Trinajstić information content (AvgIpc) is 2.27. The Kier molecular flexibility index (Phi) is 2.54. The molecule has 0 saturated carbocycles. The number of nitrogens with two attached hydrogens (primary N) is 1. The number of hydrogen-bond acceptors (Lipinski definition) is 4. The quantitative estimate of drug-likeness (QED) is 0.786. The molecule has 2 rings (SSSR count). The fourth-order valence-electron chi connectivity index (χ4n) is 1.52. The molecule has 0 aliphatic rings. The lowest BCUT2D eigenvalue weighted by atomic mass is 10.2. The van der Waals surface area contributed by atoms with E-state index in [0.29, 0.717) is 23.3 Å². The highest BCUT2D eigenvalue weighted by Crippen LogP contribution is 2.14. The van der Waals surface area contributed by atoms with Crippen molar-refractivity contribution < 1.29 is 9.90 Å². The Hall–Kier alpha value is -2.01. The van der Waals surface area contributed by atoms with Gasteiger partial charge < -0.3 is 10.8 Å². The zero-order valence-corrected chi connectivity index (χ0v) is 8.77. The molecule has 82 valence electrons. The summed E-state index contributed by atoms with van der Waals surface area (Å²) in [7, 11) is 0. The van der Waals surface area contributed by atoms with E-state index in [9.17, 15) is 4.79 Å². The van der Waals surface area contributed by atoms with Gasteiger partial charge in [-0.15, -0.1) is 0 Å². The number of fused-ring (bicyclic) bond motifs is 1. The normalized spacial score (nSPS) is 10.6. The highest BCUT2D eigenvalue weighted by molar-refractivity contribution is 5.89. The molecule has 0 aliphatic carbocycles. The molecule has 0 aliphatic heterocycles. The summed E-state index contributed by atoms with van der Waals surface area (Å²) in [5.74, 6) is -1.06. The first-order valence-corrected chi connectivity index (χ1v) is 4.82. The smallest absolute Gasteiger partial charge is 0.356 e. The van der Waals surface area contributed by atoms with Crippen molar-refractivity contribution >= 4 is 17.0 Å². The first kappa shape index (κ1) is 10.5. The molecule has 1 aromatic heterocycles. The number of hydrogen-bond donors (Lipinski definition) is 2. The van der Waals surface area contributed by atoms with Crippen LogP contribution in [0.25, 0.3) is 11.0 Å². The van der Waals surface area contributed by atoms with Gasteiger partial charge in [0.2, 0.25) is 0 Å². The van der Waals surface area contributed by atoms with Crippen LogP contribution in [0.2, 0.25) is 0 Å². The van der Waals surface area contributed by atoms with Gasteiger partial charge >= 0.3 is 5.97 Å². The molecule has 0 radical (unpaired) electrons. The predicted octanol–water partition coefficient (Wildman–Crippen LogP) is 1.10. The number of nitrogens with zero attached hydrogens (tertiary/aromatic N) is 2. The molecular formula is C11H11N3O2. The van der Waals surface area contributed by atoms with Gasteiger partial charge in [-0.05, 0) is 24.6 Å². The molecule has 1 aromatic carbocycles. The molecule has 0 fully saturated rings. The van der Waals surface area contributed by atoms with Gasteiger partial charge in [-0.2, -0.15) is 0 Å². The number of aryl methyl sites for hydroxylation is 1. The molecule has 0 spiro atoms. The maximum atomic E-state index is 10.9. The van der Waals surface area contributed by atoms with Crippen LogP contribution in [0.3, 0.4) is 0 Å². The first-order chi connectivity index (χ1) is 7.61. The molecule has 16 heavy (non-hydrogen) atoms. The van der Waals surface area contributed by atoms with Crippen LogP contribution in [0.1, 0.15) is 21.7 Å². The van der Waals surface area contributed by atoms with Crippen LogP contribution in [-0.2, 0) is 6.54 Å². The van der Waals surface area contributed by atoms with Crippen molar-refractivity contribution in [2.24, 2.45) is 5.73 Å². The zero-order valence-electron chi connectivity index (χ0n) is 8.77. The maximum absolute atomic E-state index is 10.9. The minimum absolute atomic E-state index is 0.00648. The summed E-state index contributed by atoms with van der Waals surface area (Å²) < 4.78 is 0. The molecule has 1 heterocycles. The third-order valence-corrected chi connectivity index (χ3v) is 2.34. The van der Waals surface area contributed by atoms with Crippen LogP contribution in [0.15, 0.2) is 18.2 Å². The van der Waals surface area contributed by atoms with E-state index in [1.54, 1.807) is 13.0 Å². The Morgan fingerprint density at radius 1 is 1.38 bits per heavy atom. The van der Waals surface area contributed by atoms with Gasteiger partial charge in [0.05, 0.1) is 16.7 Å². The summed E-state index contributed by atoms with van der Waals surface area (Å²) in [6.07, 6.45) is 0. The van der Waals surface area contributed by atoms with E-state index in [1.165, 1.54) is 0 Å². The van der Waals surface area contributed by atoms with E-state index < -0.39 is 5.97 Å². The fourth-order valence-corrected chi connectivity index (χ4v) is 1.52. The minimum Gasteiger partial charge on any atom is -0.476 e. The Morgan fingerprint density at radius 3 is 2.75 bits per heavy atom. The van der Waals surface area contributed by atoms with E-state index >= 15 is 0 Å². The van der Waals surface area contributed by atoms with E-state index in [-0.39, 0.29) is 5.69 Å². The topological polar surface area (TPSA) is 89.1 Å². The molecule has 0 amide bonds. The first-order valence-electron chi connectivity index (χ1n) is 4.82. The molecular weight excluding hydrogens is 206 g/mol. The summed E-state index contributed by atoms with van der Waals surface area (Å²) in [5, 5.41) is 8.90. The molecule has 2 aromatic rings. The number of rotatable bonds is 2. The van der Waals surface area contributed by atoms with Crippen molar-refractivity contribution in [1.82, 2.24) is 9.97 Å². The monoisotopic (exact) mass is 217 g/mol. The van der Waals surface area contributed by atoms with Crippen molar-refractivity contribution in [1.29, 1.82) is 0 Å². The molecule has 5 nitrogen and oxygen atoms in total. The standard InChI is InChI=1S/C11H11N3O2/c1-6-10(11(15)16)14-8-3-2-7(5-12)4-9(8)13-6/h2-4H,5,12H2,1H3,(H,15,16). The lowest BCUT2D eigenvalue weighted by Gasteiger charge is -2.04. The largest absolute Gasteiger partial charge is 0.476 e. The van der Waals surface area contributed by atoms with Crippen LogP contribution < -0.4 is 5.73 Å². The SMILES string of the molecule is Cc1nc2cc(CN)ccc2nc1C(=O)O. The van der Waals surface area contributed by atoms with Gasteiger partial charge in [-0.3, -0.25) is 0 Å². The second-order valence-electron chi connectivity index (χ2n) is 3.49. The summed E-state index contributed by atoms with van der Waals surface area (Å²) in [4.78, 5) is 19.1. The molecule has 3 N–H and O–H groups in total. The Morgan fingerprint density at radius 2 is 2.12 bits per heavy atom. The fraction of sp³-hybridized carbons (Fsp3) is 0.182. The van der Waals surface area contributed by atoms with Crippen LogP contribution in [-0.4, -0.2) is 21.0 Å². The van der Waals surface area contributed by atoms with Gasteiger partial charge in [-0.25, -0.2) is 14.8 Å². The van der Waals surface area contributed by atoms with Gasteiger partial charge in [0, 0.05) is 6.54 Å². The van der Waals surface area contributed by atoms with Crippen LogP contribution >= 0.6 is 0 Å². The lowest BCUT2D eigenvalue weighted by Crippen LogP contribution is -2.06. The summed E-state index contributed by atoms with van der Waals surface area (Å²) in [6, 6.07) is 5.37. The Balaban J connectivity index is 2.68. The van der Waals surface area contributed by atoms with Crippen molar-refractivity contribution in [3.05, 3.63) is 35.2 Å². The van der Waals surface area contributed by atoms with Crippen LogP contribution in [0, 0.1) is 6.92 Å². The van der Waals surface area contributed by atoms with Crippen molar-refractivity contribution in [3.63, 3.8) is 0 Å². The van der Waals surface area contributed by atoms with Crippen molar-refractivity contribution in [2.45, 2.75) is 13.5 Å². The van der Waals surface area contributed by atoms with E-state index in [2.05, 4.69) is 9.97 Å². The van der Waals surface area contributed by atoms with Crippen molar-refractivity contribution in [2.75, 3.05) is 0 Å². The highest BCUT2D eigenvalue weighted by Gasteiger charge is 2.11. The second kappa shape index (κ2) is 3.86. The molecule has 0 atom stereocenters. The number of carboxylic acid groups (broad SMARTS) is 1. The van der Waals surface area contributed by atoms with Gasteiger partial charge in [-0.1, -0.05) is 6.07 Å². The molecule has 0 saturated heterocycles. The maximum Gasteiger partial charge on any atom is 0.356 e. The molecule has 0 unspecified atom stereocenters. The van der Waals surface area contributed by atoms with Crippen LogP contribution in [0.4, 0.5) is 0 Å². The van der Waals surface area contributed by atoms with E-state index in [4.69, 9.17) is 10.8 Å². The molecule has 5 heteroatoms. The van der Waals surface area contributed by atoms with E-state index in [1.807, 2.05) is 12.1 Å². The van der Waals surface area contributed by atoms with Crippen LogP contribution in [0.5, 0.6) is 0 Å². The molecule has 0 bridgehead atoms. The summed E-state index contributed by atoms with van der Waals surface area (Å²) >= 11 is 0. The summed E-state index contributed by atoms with van der Waals surface area (Å²) in [5.41, 5.74) is 8.11. The third-order valence-electron chi connectivity index (χ3n) is 2.34. The lowest BCUT2D eigenvalue weighted by molar-refractivity contribution is 0.0689. The Labute approximate surface area is 91.9 Å².